The number of ether oxygens (including phenoxy) is 1. The highest BCUT2D eigenvalue weighted by molar-refractivity contribution is 7.08. The summed E-state index contributed by atoms with van der Waals surface area (Å²) in [5.41, 5.74) is 4.49. The maximum atomic E-state index is 12.7. The molecular formula is C19H11N3O2S2. The van der Waals surface area contributed by atoms with Gasteiger partial charge in [0.05, 0.1) is 16.9 Å². The van der Waals surface area contributed by atoms with E-state index in [0.29, 0.717) is 17.0 Å². The minimum absolute atomic E-state index is 0.406. The van der Waals surface area contributed by atoms with E-state index in [4.69, 9.17) is 4.74 Å². The highest BCUT2D eigenvalue weighted by Crippen LogP contribution is 2.33. The zero-order valence-corrected chi connectivity index (χ0v) is 15.0. The molecule has 4 aromatic rings. The van der Waals surface area contributed by atoms with Gasteiger partial charge >= 0.3 is 5.97 Å². The Bertz CT molecular complexity index is 1130. The predicted octanol–water partition coefficient (Wildman–Crippen LogP) is 4.73. The quantitative estimate of drug-likeness (QED) is 0.474. The fraction of sp³-hybridized carbons (Fsp3) is 0. The Morgan fingerprint density at radius 1 is 0.962 bits per heavy atom. The predicted molar refractivity (Wildman–Crippen MR) is 102 cm³/mol. The van der Waals surface area contributed by atoms with Crippen molar-refractivity contribution < 1.29 is 9.53 Å². The van der Waals surface area contributed by atoms with Gasteiger partial charge in [-0.05, 0) is 35.0 Å². The molecule has 0 radical (unpaired) electrons. The Morgan fingerprint density at radius 3 is 2.50 bits per heavy atom. The molecule has 0 amide bonds. The number of benzene rings is 1. The van der Waals surface area contributed by atoms with Gasteiger partial charge in [0.25, 0.3) is 0 Å². The zero-order chi connectivity index (χ0) is 17.5. The number of aromatic nitrogens is 3. The lowest BCUT2D eigenvalue weighted by Crippen LogP contribution is -2.13. The Hall–Kier alpha value is -3.03. The smallest absolute Gasteiger partial charge is 0.345 e. The van der Waals surface area contributed by atoms with E-state index in [0.717, 1.165) is 22.5 Å². The molecule has 26 heavy (non-hydrogen) atoms. The molecular weight excluding hydrogens is 366 g/mol. The van der Waals surface area contributed by atoms with Crippen LogP contribution in [0.1, 0.15) is 21.6 Å². The van der Waals surface area contributed by atoms with Gasteiger partial charge in [0, 0.05) is 28.0 Å². The summed E-state index contributed by atoms with van der Waals surface area (Å²) in [6.45, 7) is 0. The van der Waals surface area contributed by atoms with E-state index in [1.807, 2.05) is 57.9 Å². The summed E-state index contributed by atoms with van der Waals surface area (Å²) in [5.74, 6) is 0.0852. The number of carbonyl (C=O) groups excluding carboxylic acids is 1. The molecule has 0 N–H and O–H groups in total. The molecule has 0 spiro atoms. The van der Waals surface area contributed by atoms with E-state index in [1.54, 1.807) is 33.4 Å². The molecule has 5 rings (SSSR count). The van der Waals surface area contributed by atoms with Gasteiger partial charge in [0.1, 0.15) is 11.5 Å². The largest absolute Gasteiger partial charge is 0.422 e. The van der Waals surface area contributed by atoms with Crippen molar-refractivity contribution >= 4 is 40.5 Å². The third-order valence-corrected chi connectivity index (χ3v) is 5.49. The first-order valence-electron chi connectivity index (χ1n) is 7.85. The first-order valence-corrected chi connectivity index (χ1v) is 9.74. The number of fused-ring (bicyclic) bond motifs is 3. The molecule has 0 saturated heterocycles. The van der Waals surface area contributed by atoms with Crippen LogP contribution in [-0.2, 0) is 4.74 Å². The van der Waals surface area contributed by atoms with Crippen molar-refractivity contribution in [3.05, 3.63) is 74.7 Å². The van der Waals surface area contributed by atoms with Crippen LogP contribution >= 0.6 is 22.7 Å². The van der Waals surface area contributed by atoms with Gasteiger partial charge in [-0.2, -0.15) is 22.7 Å². The summed E-state index contributed by atoms with van der Waals surface area (Å²) in [7, 11) is 0. The average molecular weight is 377 g/mol. The molecule has 1 aliphatic rings. The van der Waals surface area contributed by atoms with Gasteiger partial charge < -0.3 is 4.74 Å². The van der Waals surface area contributed by atoms with E-state index in [-0.39, 0.29) is 0 Å². The molecule has 0 unspecified atom stereocenters. The monoisotopic (exact) mass is 377 g/mol. The number of esters is 1. The van der Waals surface area contributed by atoms with Crippen LogP contribution in [0.5, 0.6) is 0 Å². The molecule has 0 aliphatic carbocycles. The number of para-hydroxylation sites is 1. The van der Waals surface area contributed by atoms with Crippen molar-refractivity contribution in [3.63, 3.8) is 0 Å². The van der Waals surface area contributed by atoms with Crippen LogP contribution < -0.4 is 0 Å². The first kappa shape index (κ1) is 15.2. The standard InChI is InChI=1S/C19H11N3O2S2/c23-19-14-3-1-2-4-15(14)22-16(9-17(24-19)12-5-7-25-10-12)18(20-21-22)13-6-8-26-11-13/h1-11H/b17-9-. The summed E-state index contributed by atoms with van der Waals surface area (Å²) >= 11 is 3.15. The van der Waals surface area contributed by atoms with E-state index < -0.39 is 5.97 Å². The maximum absolute atomic E-state index is 12.7. The van der Waals surface area contributed by atoms with Crippen molar-refractivity contribution in [2.24, 2.45) is 0 Å². The molecule has 0 bridgehead atoms. The highest BCUT2D eigenvalue weighted by atomic mass is 32.1. The fourth-order valence-electron chi connectivity index (χ4n) is 2.89. The number of hydrogen-bond donors (Lipinski definition) is 0. The zero-order valence-electron chi connectivity index (χ0n) is 13.3. The second kappa shape index (κ2) is 6.05. The number of cyclic esters (lactones) is 1. The Labute approximate surface area is 156 Å². The summed E-state index contributed by atoms with van der Waals surface area (Å²) in [4.78, 5) is 12.7. The second-order valence-electron chi connectivity index (χ2n) is 5.67. The van der Waals surface area contributed by atoms with Crippen molar-refractivity contribution in [3.8, 4) is 16.9 Å². The Kier molecular flexibility index (Phi) is 3.55. The lowest BCUT2D eigenvalue weighted by Gasteiger charge is -2.15. The summed E-state index contributed by atoms with van der Waals surface area (Å²) in [6, 6.07) is 11.2. The number of carbonyl (C=O) groups is 1. The van der Waals surface area contributed by atoms with Crippen LogP contribution in [0.2, 0.25) is 0 Å². The summed E-state index contributed by atoms with van der Waals surface area (Å²) < 4.78 is 7.43. The molecule has 126 valence electrons. The van der Waals surface area contributed by atoms with Crippen molar-refractivity contribution in [2.75, 3.05) is 0 Å². The van der Waals surface area contributed by atoms with E-state index in [1.165, 1.54) is 0 Å². The molecule has 0 fully saturated rings. The normalized spacial score (nSPS) is 15.2. The summed E-state index contributed by atoms with van der Waals surface area (Å²) in [5, 5.41) is 16.6. The molecule has 4 heterocycles. The third-order valence-electron chi connectivity index (χ3n) is 4.13. The van der Waals surface area contributed by atoms with Crippen molar-refractivity contribution in [1.29, 1.82) is 0 Å². The molecule has 3 aromatic heterocycles. The molecule has 0 saturated carbocycles. The average Bonchev–Trinajstić information content (AvgIpc) is 3.40. The number of rotatable bonds is 2. The maximum Gasteiger partial charge on any atom is 0.345 e. The molecule has 0 atom stereocenters. The van der Waals surface area contributed by atoms with Gasteiger partial charge in [-0.3, -0.25) is 0 Å². The van der Waals surface area contributed by atoms with Gasteiger partial charge in [0.15, 0.2) is 0 Å². The van der Waals surface area contributed by atoms with E-state index in [2.05, 4.69) is 10.3 Å². The van der Waals surface area contributed by atoms with Crippen LogP contribution in [0.3, 0.4) is 0 Å². The molecule has 1 aliphatic heterocycles. The highest BCUT2D eigenvalue weighted by Gasteiger charge is 2.25. The summed E-state index contributed by atoms with van der Waals surface area (Å²) in [6.07, 6.45) is 1.84. The van der Waals surface area contributed by atoms with Crippen LogP contribution in [0.25, 0.3) is 28.8 Å². The number of nitrogens with zero attached hydrogens (tertiary/aromatic N) is 3. The lowest BCUT2D eigenvalue weighted by molar-refractivity contribution is 0.0693. The van der Waals surface area contributed by atoms with Gasteiger partial charge in [-0.15, -0.1) is 5.10 Å². The number of hydrogen-bond acceptors (Lipinski definition) is 6. The third kappa shape index (κ3) is 2.40. The number of thiophene rings is 2. The lowest BCUT2D eigenvalue weighted by atomic mass is 10.1. The van der Waals surface area contributed by atoms with Crippen LogP contribution in [0.4, 0.5) is 0 Å². The topological polar surface area (TPSA) is 57.0 Å². The van der Waals surface area contributed by atoms with Crippen molar-refractivity contribution in [1.82, 2.24) is 15.0 Å². The van der Waals surface area contributed by atoms with Gasteiger partial charge in [-0.1, -0.05) is 17.3 Å². The Balaban J connectivity index is 1.81. The van der Waals surface area contributed by atoms with E-state index in [9.17, 15) is 4.79 Å². The van der Waals surface area contributed by atoms with Crippen LogP contribution in [0, 0.1) is 0 Å². The van der Waals surface area contributed by atoms with Crippen molar-refractivity contribution in [2.45, 2.75) is 0 Å². The molecule has 5 nitrogen and oxygen atoms in total. The van der Waals surface area contributed by atoms with Gasteiger partial charge in [-0.25, -0.2) is 9.48 Å². The molecule has 1 aromatic carbocycles. The van der Waals surface area contributed by atoms with Crippen LogP contribution in [0.15, 0.2) is 57.9 Å². The SMILES string of the molecule is O=C1O/C(c2ccsc2)=C\c2c(-c3ccsc3)nnn2-c2ccccc21. The second-order valence-corrected chi connectivity index (χ2v) is 7.23. The first-order chi connectivity index (χ1) is 12.8. The van der Waals surface area contributed by atoms with Gasteiger partial charge in [0.2, 0.25) is 0 Å². The van der Waals surface area contributed by atoms with E-state index >= 15 is 0 Å². The minimum atomic E-state index is -0.406. The molecule has 7 heteroatoms. The minimum Gasteiger partial charge on any atom is -0.422 e. The van der Waals surface area contributed by atoms with Crippen LogP contribution in [-0.4, -0.2) is 21.0 Å². The fourth-order valence-corrected chi connectivity index (χ4v) is 4.17. The Morgan fingerprint density at radius 2 is 1.73 bits per heavy atom.